The van der Waals surface area contributed by atoms with Gasteiger partial charge in [-0.15, -0.1) is 0 Å². The van der Waals surface area contributed by atoms with Crippen molar-refractivity contribution in [2.75, 3.05) is 26.0 Å². The van der Waals surface area contributed by atoms with E-state index in [0.717, 1.165) is 11.0 Å². The Balaban J connectivity index is 1.90. The molecule has 0 saturated heterocycles. The standard InChI is InChI=1S/C20H21N3O4/c1-13(19-12-14-7-5-6-8-18(14)27-19)22(4)20(24)15-9-10-16(21(2)3)17(11-15)23(25)26/h5-13H,1-4H3. The summed E-state index contributed by atoms with van der Waals surface area (Å²) in [6, 6.07) is 13.7. The van der Waals surface area contributed by atoms with Gasteiger partial charge in [-0.25, -0.2) is 0 Å². The van der Waals surface area contributed by atoms with Crippen molar-refractivity contribution in [1.29, 1.82) is 0 Å². The van der Waals surface area contributed by atoms with E-state index in [1.54, 1.807) is 38.2 Å². The van der Waals surface area contributed by atoms with Crippen molar-refractivity contribution < 1.29 is 14.1 Å². The summed E-state index contributed by atoms with van der Waals surface area (Å²) in [7, 11) is 5.10. The van der Waals surface area contributed by atoms with Crippen LogP contribution in [0.3, 0.4) is 0 Å². The molecule has 0 radical (unpaired) electrons. The molecule has 0 aliphatic heterocycles. The molecule has 0 fully saturated rings. The maximum absolute atomic E-state index is 12.9. The van der Waals surface area contributed by atoms with Crippen LogP contribution < -0.4 is 4.90 Å². The number of anilines is 1. The molecule has 0 aliphatic rings. The van der Waals surface area contributed by atoms with E-state index < -0.39 is 4.92 Å². The lowest BCUT2D eigenvalue weighted by Gasteiger charge is -2.23. The van der Waals surface area contributed by atoms with E-state index in [1.165, 1.54) is 11.0 Å². The Bertz CT molecular complexity index is 976. The Kier molecular flexibility index (Phi) is 4.85. The van der Waals surface area contributed by atoms with Crippen molar-refractivity contribution in [3.63, 3.8) is 0 Å². The number of para-hydroxylation sites is 1. The molecule has 0 bridgehead atoms. The van der Waals surface area contributed by atoms with Crippen LogP contribution in [0.5, 0.6) is 0 Å². The molecule has 1 unspecified atom stereocenters. The first-order valence-corrected chi connectivity index (χ1v) is 8.51. The minimum atomic E-state index is -0.477. The Morgan fingerprint density at radius 3 is 2.44 bits per heavy atom. The maximum atomic E-state index is 12.9. The summed E-state index contributed by atoms with van der Waals surface area (Å²) in [5.74, 6) is 0.350. The lowest BCUT2D eigenvalue weighted by atomic mass is 10.1. The van der Waals surface area contributed by atoms with Crippen molar-refractivity contribution in [2.45, 2.75) is 13.0 Å². The van der Waals surface area contributed by atoms with Crippen LogP contribution in [0.2, 0.25) is 0 Å². The van der Waals surface area contributed by atoms with E-state index in [0.29, 0.717) is 11.4 Å². The molecule has 1 aromatic heterocycles. The number of carbonyl (C=O) groups is 1. The zero-order chi connectivity index (χ0) is 19.7. The number of nitrogens with zero attached hydrogens (tertiary/aromatic N) is 3. The second kappa shape index (κ2) is 7.11. The summed E-state index contributed by atoms with van der Waals surface area (Å²) >= 11 is 0. The molecule has 0 spiro atoms. The lowest BCUT2D eigenvalue weighted by molar-refractivity contribution is -0.384. The Labute approximate surface area is 156 Å². The van der Waals surface area contributed by atoms with Crippen LogP contribution in [-0.2, 0) is 0 Å². The smallest absolute Gasteiger partial charge is 0.293 e. The summed E-state index contributed by atoms with van der Waals surface area (Å²) in [5.41, 5.74) is 1.36. The average molecular weight is 367 g/mol. The summed E-state index contributed by atoms with van der Waals surface area (Å²) in [6.45, 7) is 1.86. The molecule has 1 heterocycles. The zero-order valence-electron chi connectivity index (χ0n) is 15.7. The van der Waals surface area contributed by atoms with E-state index in [2.05, 4.69) is 0 Å². The summed E-state index contributed by atoms with van der Waals surface area (Å²) in [6.07, 6.45) is 0. The third kappa shape index (κ3) is 3.48. The van der Waals surface area contributed by atoms with Gasteiger partial charge in [-0.3, -0.25) is 14.9 Å². The molecule has 27 heavy (non-hydrogen) atoms. The van der Waals surface area contributed by atoms with Crippen LogP contribution >= 0.6 is 0 Å². The Hall–Kier alpha value is -3.35. The molecular formula is C20H21N3O4. The lowest BCUT2D eigenvalue weighted by Crippen LogP contribution is -2.29. The quantitative estimate of drug-likeness (QED) is 0.498. The van der Waals surface area contributed by atoms with Crippen molar-refractivity contribution in [3.8, 4) is 0 Å². The van der Waals surface area contributed by atoms with Gasteiger partial charge in [0.2, 0.25) is 0 Å². The third-order valence-electron chi connectivity index (χ3n) is 4.66. The van der Waals surface area contributed by atoms with Gasteiger partial charge in [-0.1, -0.05) is 18.2 Å². The summed E-state index contributed by atoms with van der Waals surface area (Å²) in [4.78, 5) is 26.9. The highest BCUT2D eigenvalue weighted by molar-refractivity contribution is 5.96. The molecule has 0 saturated carbocycles. The molecule has 1 atom stereocenters. The maximum Gasteiger partial charge on any atom is 0.293 e. The van der Waals surface area contributed by atoms with Gasteiger partial charge in [-0.2, -0.15) is 0 Å². The van der Waals surface area contributed by atoms with E-state index in [4.69, 9.17) is 4.42 Å². The fraction of sp³-hybridized carbons (Fsp3) is 0.250. The summed E-state index contributed by atoms with van der Waals surface area (Å²) < 4.78 is 5.84. The van der Waals surface area contributed by atoms with Crippen LogP contribution in [0, 0.1) is 10.1 Å². The van der Waals surface area contributed by atoms with Crippen molar-refractivity contribution in [1.82, 2.24) is 4.90 Å². The molecular weight excluding hydrogens is 346 g/mol. The highest BCUT2D eigenvalue weighted by Crippen LogP contribution is 2.30. The Morgan fingerprint density at radius 1 is 1.11 bits per heavy atom. The van der Waals surface area contributed by atoms with Gasteiger partial charge >= 0.3 is 0 Å². The number of hydrogen-bond acceptors (Lipinski definition) is 5. The van der Waals surface area contributed by atoms with Crippen LogP contribution in [-0.4, -0.2) is 36.9 Å². The van der Waals surface area contributed by atoms with E-state index >= 15 is 0 Å². The van der Waals surface area contributed by atoms with Gasteiger partial charge in [0.25, 0.3) is 11.6 Å². The fourth-order valence-corrected chi connectivity index (χ4v) is 2.96. The summed E-state index contributed by atoms with van der Waals surface area (Å²) in [5, 5.41) is 12.3. The fourth-order valence-electron chi connectivity index (χ4n) is 2.96. The number of carbonyl (C=O) groups excluding carboxylic acids is 1. The normalized spacial score (nSPS) is 12.0. The minimum absolute atomic E-state index is 0.101. The van der Waals surface area contributed by atoms with Gasteiger partial charge in [-0.05, 0) is 31.2 Å². The molecule has 2 aromatic carbocycles. The molecule has 3 rings (SSSR count). The highest BCUT2D eigenvalue weighted by atomic mass is 16.6. The number of benzene rings is 2. The second-order valence-electron chi connectivity index (χ2n) is 6.63. The first kappa shape index (κ1) is 18.4. The number of rotatable bonds is 5. The third-order valence-corrected chi connectivity index (χ3v) is 4.66. The molecule has 7 nitrogen and oxygen atoms in total. The van der Waals surface area contributed by atoms with Crippen LogP contribution in [0.25, 0.3) is 11.0 Å². The van der Waals surface area contributed by atoms with Crippen molar-refractivity contribution in [2.24, 2.45) is 0 Å². The van der Waals surface area contributed by atoms with Crippen LogP contribution in [0.1, 0.15) is 29.1 Å². The van der Waals surface area contributed by atoms with Gasteiger partial charge in [0, 0.05) is 38.2 Å². The van der Waals surface area contributed by atoms with Crippen LogP contribution in [0.15, 0.2) is 52.9 Å². The molecule has 1 amide bonds. The number of nitro groups is 1. The number of nitro benzene ring substituents is 1. The van der Waals surface area contributed by atoms with Gasteiger partial charge in [0.05, 0.1) is 11.0 Å². The minimum Gasteiger partial charge on any atom is -0.459 e. The highest BCUT2D eigenvalue weighted by Gasteiger charge is 2.25. The number of furan rings is 1. The SMILES string of the molecule is CC(c1cc2ccccc2o1)N(C)C(=O)c1ccc(N(C)C)c([N+](=O)[O-])c1. The first-order valence-electron chi connectivity index (χ1n) is 8.51. The van der Waals surface area contributed by atoms with E-state index in [1.807, 2.05) is 37.3 Å². The Morgan fingerprint density at radius 2 is 1.81 bits per heavy atom. The van der Waals surface area contributed by atoms with Gasteiger partial charge < -0.3 is 14.2 Å². The van der Waals surface area contributed by atoms with Gasteiger partial charge in [0.15, 0.2) is 0 Å². The first-order chi connectivity index (χ1) is 12.8. The average Bonchev–Trinajstić information content (AvgIpc) is 3.09. The molecule has 140 valence electrons. The van der Waals surface area contributed by atoms with E-state index in [9.17, 15) is 14.9 Å². The topological polar surface area (TPSA) is 79.8 Å². The largest absolute Gasteiger partial charge is 0.459 e. The monoisotopic (exact) mass is 367 g/mol. The predicted molar refractivity (Wildman–Crippen MR) is 104 cm³/mol. The number of hydrogen-bond donors (Lipinski definition) is 0. The molecule has 7 heteroatoms. The number of amides is 1. The molecule has 0 aliphatic carbocycles. The zero-order valence-corrected chi connectivity index (χ0v) is 15.7. The predicted octanol–water partition coefficient (Wildman–Crippen LogP) is 4.24. The van der Waals surface area contributed by atoms with E-state index in [-0.39, 0.29) is 23.2 Å². The number of fused-ring (bicyclic) bond motifs is 1. The van der Waals surface area contributed by atoms with Crippen LogP contribution in [0.4, 0.5) is 11.4 Å². The molecule has 3 aromatic rings. The van der Waals surface area contributed by atoms with Crippen molar-refractivity contribution in [3.05, 3.63) is 70.0 Å². The molecule has 0 N–H and O–H groups in total. The van der Waals surface area contributed by atoms with Crippen molar-refractivity contribution >= 4 is 28.3 Å². The van der Waals surface area contributed by atoms with Gasteiger partial charge in [0.1, 0.15) is 17.0 Å². The second-order valence-corrected chi connectivity index (χ2v) is 6.63.